The van der Waals surface area contributed by atoms with Gasteiger partial charge >= 0.3 is 103 Å². The third-order valence-electron chi connectivity index (χ3n) is 1.99. The van der Waals surface area contributed by atoms with Crippen LogP contribution in [-0.2, 0) is 11.3 Å². The van der Waals surface area contributed by atoms with Crippen molar-refractivity contribution >= 4 is 18.4 Å². The molecular weight excluding hydrogens is 303 g/mol. The molecule has 1 atom stereocenters. The molecule has 1 nitrogen and oxygen atoms in total. The van der Waals surface area contributed by atoms with Crippen molar-refractivity contribution < 1.29 is 4.74 Å². The number of ether oxygens (including phenoxy) is 1. The zero-order valence-electron chi connectivity index (χ0n) is 10.6. The third kappa shape index (κ3) is 6.19. The molecule has 86 valence electrons. The summed E-state index contributed by atoms with van der Waals surface area (Å²) in [5, 5.41) is 0. The summed E-state index contributed by atoms with van der Waals surface area (Å²) in [4.78, 5) is 6.93. The van der Waals surface area contributed by atoms with Crippen molar-refractivity contribution in [1.29, 1.82) is 0 Å². The minimum atomic E-state index is -1.94. The molecule has 16 heavy (non-hydrogen) atoms. The predicted octanol–water partition coefficient (Wildman–Crippen LogP) is 3.47. The summed E-state index contributed by atoms with van der Waals surface area (Å²) in [5.41, 5.74) is 1.20. The number of hydrogen-bond acceptors (Lipinski definition) is 1. The molecule has 1 rings (SSSR count). The molecule has 1 unspecified atom stereocenters. The topological polar surface area (TPSA) is 9.23 Å². The van der Waals surface area contributed by atoms with Gasteiger partial charge in [0.2, 0.25) is 0 Å². The van der Waals surface area contributed by atoms with Crippen LogP contribution in [0.1, 0.15) is 12.5 Å². The van der Waals surface area contributed by atoms with Gasteiger partial charge in [-0.05, 0) is 0 Å². The van der Waals surface area contributed by atoms with Crippen LogP contribution in [0.3, 0.4) is 0 Å². The zero-order chi connectivity index (χ0) is 12.0. The van der Waals surface area contributed by atoms with E-state index in [9.17, 15) is 0 Å². The first-order chi connectivity index (χ1) is 7.47. The van der Waals surface area contributed by atoms with E-state index in [1.165, 1.54) is 5.56 Å². The van der Waals surface area contributed by atoms with E-state index >= 15 is 0 Å². The minimum absolute atomic E-state index is 0.0381. The van der Waals surface area contributed by atoms with E-state index in [0.29, 0.717) is 6.61 Å². The van der Waals surface area contributed by atoms with E-state index in [2.05, 4.69) is 36.8 Å². The molecule has 0 radical (unpaired) electrons. The fourth-order valence-electron chi connectivity index (χ4n) is 1.16. The number of rotatable bonds is 3. The van der Waals surface area contributed by atoms with E-state index < -0.39 is 18.4 Å². The maximum absolute atomic E-state index is 5.68. The SMILES string of the molecule is CC(C#[C][Sn]([CH3])([CH3])[CH3])OCc1ccccc1. The second-order valence-electron chi connectivity index (χ2n) is 4.96. The predicted molar refractivity (Wildman–Crippen MR) is 71.8 cm³/mol. The van der Waals surface area contributed by atoms with Gasteiger partial charge in [-0.1, -0.05) is 0 Å². The molecule has 1 aromatic rings. The Hall–Kier alpha value is -0.461. The molecule has 0 aliphatic rings. The van der Waals surface area contributed by atoms with Gasteiger partial charge in [0.05, 0.1) is 0 Å². The van der Waals surface area contributed by atoms with Crippen LogP contribution in [0.5, 0.6) is 0 Å². The van der Waals surface area contributed by atoms with Gasteiger partial charge in [-0.3, -0.25) is 0 Å². The van der Waals surface area contributed by atoms with Crippen molar-refractivity contribution in [1.82, 2.24) is 0 Å². The summed E-state index contributed by atoms with van der Waals surface area (Å²) in [5.74, 6) is 3.21. The molecule has 0 aliphatic carbocycles. The van der Waals surface area contributed by atoms with Crippen molar-refractivity contribution in [3.05, 3.63) is 35.9 Å². The fourth-order valence-corrected chi connectivity index (χ4v) is 2.97. The Balaban J connectivity index is 2.41. The van der Waals surface area contributed by atoms with Gasteiger partial charge in [-0.15, -0.1) is 0 Å². The molecule has 0 saturated carbocycles. The molecule has 1 aromatic carbocycles. The molecule has 0 aromatic heterocycles. The standard InChI is InChI=1S/C11H11O.3CH3.Sn/c1-3-10(2)12-9-11-7-5-4-6-8-11;;;;/h4-8,10H,9H2,2H3;3*1H3;. The van der Waals surface area contributed by atoms with Crippen molar-refractivity contribution in [2.24, 2.45) is 0 Å². The molecule has 0 fully saturated rings. The van der Waals surface area contributed by atoms with Gasteiger partial charge in [0.25, 0.3) is 0 Å². The van der Waals surface area contributed by atoms with Crippen LogP contribution in [-0.4, -0.2) is 24.5 Å². The van der Waals surface area contributed by atoms with Crippen molar-refractivity contribution in [2.45, 2.75) is 34.5 Å². The summed E-state index contributed by atoms with van der Waals surface area (Å²) < 4.78 is 9.08. The Kier molecular flexibility index (Phi) is 5.37. The van der Waals surface area contributed by atoms with E-state index in [0.717, 1.165) is 0 Å². The second kappa shape index (κ2) is 6.32. The summed E-state index contributed by atoms with van der Waals surface area (Å²) >= 11 is -1.94. The first kappa shape index (κ1) is 13.6. The number of benzene rings is 1. The molecular formula is C14H20OSn. The zero-order valence-corrected chi connectivity index (χ0v) is 13.4. The maximum atomic E-state index is 5.68. The van der Waals surface area contributed by atoms with Gasteiger partial charge in [-0.2, -0.15) is 0 Å². The second-order valence-corrected chi connectivity index (χ2v) is 18.5. The van der Waals surface area contributed by atoms with E-state index in [-0.39, 0.29) is 6.10 Å². The molecule has 0 amide bonds. The monoisotopic (exact) mass is 324 g/mol. The van der Waals surface area contributed by atoms with Gasteiger partial charge in [0.15, 0.2) is 0 Å². The number of hydrogen-bond donors (Lipinski definition) is 0. The van der Waals surface area contributed by atoms with Gasteiger partial charge in [0.1, 0.15) is 0 Å². The van der Waals surface area contributed by atoms with Gasteiger partial charge in [-0.25, -0.2) is 0 Å². The van der Waals surface area contributed by atoms with E-state index in [4.69, 9.17) is 4.74 Å². The van der Waals surface area contributed by atoms with Crippen LogP contribution in [0.2, 0.25) is 14.8 Å². The third-order valence-corrected chi connectivity index (χ3v) is 4.55. The Labute approximate surface area is 103 Å². The summed E-state index contributed by atoms with van der Waals surface area (Å²) in [7, 11) is 0. The van der Waals surface area contributed by atoms with Crippen molar-refractivity contribution in [3.63, 3.8) is 0 Å². The van der Waals surface area contributed by atoms with Crippen molar-refractivity contribution in [3.8, 4) is 9.86 Å². The van der Waals surface area contributed by atoms with Crippen LogP contribution in [0, 0.1) is 9.86 Å². The van der Waals surface area contributed by atoms with Crippen LogP contribution in [0.15, 0.2) is 30.3 Å². The van der Waals surface area contributed by atoms with Gasteiger partial charge < -0.3 is 0 Å². The molecule has 0 bridgehead atoms. The Morgan fingerprint density at radius 3 is 2.38 bits per heavy atom. The molecule has 0 N–H and O–H groups in total. The summed E-state index contributed by atoms with van der Waals surface area (Å²) in [6, 6.07) is 10.2. The quantitative estimate of drug-likeness (QED) is 0.611. The van der Waals surface area contributed by atoms with Crippen molar-refractivity contribution in [2.75, 3.05) is 0 Å². The van der Waals surface area contributed by atoms with Crippen LogP contribution in [0.4, 0.5) is 0 Å². The molecule has 0 saturated heterocycles. The molecule has 0 spiro atoms. The Morgan fingerprint density at radius 1 is 1.19 bits per heavy atom. The first-order valence-electron chi connectivity index (χ1n) is 5.65. The summed E-state index contributed by atoms with van der Waals surface area (Å²) in [6.45, 7) is 2.67. The fraction of sp³-hybridized carbons (Fsp3) is 0.429. The molecule has 0 heterocycles. The van der Waals surface area contributed by atoms with Crippen LogP contribution < -0.4 is 0 Å². The average molecular weight is 323 g/mol. The Bertz CT molecular complexity index is 367. The molecule has 0 aliphatic heterocycles. The van der Waals surface area contributed by atoms with Crippen LogP contribution in [0.25, 0.3) is 0 Å². The summed E-state index contributed by atoms with van der Waals surface area (Å²) in [6.07, 6.45) is 0.0381. The van der Waals surface area contributed by atoms with Crippen LogP contribution >= 0.6 is 0 Å². The van der Waals surface area contributed by atoms with E-state index in [1.807, 2.05) is 25.1 Å². The average Bonchev–Trinajstić information content (AvgIpc) is 2.24. The molecule has 2 heteroatoms. The van der Waals surface area contributed by atoms with E-state index in [1.54, 1.807) is 0 Å². The van der Waals surface area contributed by atoms with Gasteiger partial charge in [0, 0.05) is 0 Å². The normalized spacial score (nSPS) is 12.8. The first-order valence-corrected chi connectivity index (χ1v) is 15.6. The Morgan fingerprint density at radius 2 is 1.81 bits per heavy atom.